The zero-order valence-electron chi connectivity index (χ0n) is 31.7. The van der Waals surface area contributed by atoms with Gasteiger partial charge in [-0.2, -0.15) is 0 Å². The molecule has 2 aliphatic rings. The summed E-state index contributed by atoms with van der Waals surface area (Å²) in [5.41, 5.74) is 18.3. The molecule has 0 spiro atoms. The summed E-state index contributed by atoms with van der Waals surface area (Å²) < 4.78 is 0. The van der Waals surface area contributed by atoms with E-state index in [1.165, 1.54) is 66.9 Å². The summed E-state index contributed by atoms with van der Waals surface area (Å²) in [7, 11) is 0. The van der Waals surface area contributed by atoms with Crippen molar-refractivity contribution in [1.82, 2.24) is 0 Å². The van der Waals surface area contributed by atoms with Crippen LogP contribution in [0.25, 0.3) is 49.0 Å². The van der Waals surface area contributed by atoms with Crippen LogP contribution in [0.4, 0.5) is 22.7 Å². The van der Waals surface area contributed by atoms with Crippen molar-refractivity contribution in [3.8, 4) is 33.4 Å². The standard InChI is InChI=1S/C51H44N2/c1-49(2,3)45-43-39-18-12-14-20-41(39)50(4,5)46(43)48(47-44(45)40-19-13-15-21-42(40)51(47,6)7)53(37-27-23-33(24-28-37)32-16-10-9-11-17-32)38-29-25-34-30-36(52-8)26-22-35(34)31-38/h9-31H,1-7H3. The van der Waals surface area contributed by atoms with E-state index >= 15 is 0 Å². The minimum Gasteiger partial charge on any atom is -0.310 e. The van der Waals surface area contributed by atoms with E-state index in [4.69, 9.17) is 6.57 Å². The Morgan fingerprint density at radius 2 is 1.02 bits per heavy atom. The van der Waals surface area contributed by atoms with Crippen molar-refractivity contribution in [3.63, 3.8) is 0 Å². The van der Waals surface area contributed by atoms with Crippen LogP contribution in [0, 0.1) is 6.57 Å². The van der Waals surface area contributed by atoms with Gasteiger partial charge in [-0.25, -0.2) is 4.85 Å². The first-order valence-corrected chi connectivity index (χ1v) is 18.7. The Balaban J connectivity index is 1.45. The van der Waals surface area contributed by atoms with Gasteiger partial charge in [0.1, 0.15) is 0 Å². The lowest BCUT2D eigenvalue weighted by molar-refractivity contribution is 0.587. The molecule has 7 aromatic rings. The van der Waals surface area contributed by atoms with E-state index in [-0.39, 0.29) is 16.2 Å². The molecule has 0 atom stereocenters. The molecule has 0 fully saturated rings. The highest BCUT2D eigenvalue weighted by atomic mass is 15.2. The predicted octanol–water partition coefficient (Wildman–Crippen LogP) is 14.4. The van der Waals surface area contributed by atoms with Crippen LogP contribution in [0.1, 0.15) is 76.3 Å². The van der Waals surface area contributed by atoms with Crippen LogP contribution in [-0.4, -0.2) is 0 Å². The molecule has 53 heavy (non-hydrogen) atoms. The van der Waals surface area contributed by atoms with E-state index < -0.39 is 0 Å². The SMILES string of the molecule is [C-]#[N+]c1ccc2cc(N(c3ccc(-c4ccccc4)cc3)c3c4c(c(C(C)(C)C)c5c3C(C)(C)c3ccccc3-5)-c3ccccc3C4(C)C)ccc2c1. The topological polar surface area (TPSA) is 7.60 Å². The normalized spacial score (nSPS) is 14.6. The molecule has 0 unspecified atom stereocenters. The Kier molecular flexibility index (Phi) is 7.18. The van der Waals surface area contributed by atoms with E-state index in [1.54, 1.807) is 0 Å². The molecule has 7 aromatic carbocycles. The Labute approximate surface area is 314 Å². The summed E-state index contributed by atoms with van der Waals surface area (Å²) >= 11 is 0. The maximum Gasteiger partial charge on any atom is 0.187 e. The molecular weight excluding hydrogens is 641 g/mol. The molecule has 0 saturated carbocycles. The molecular formula is C51H44N2. The lowest BCUT2D eigenvalue weighted by Crippen LogP contribution is -2.27. The van der Waals surface area contributed by atoms with Gasteiger partial charge in [0.2, 0.25) is 0 Å². The van der Waals surface area contributed by atoms with Crippen LogP contribution in [0.15, 0.2) is 140 Å². The maximum atomic E-state index is 7.64. The van der Waals surface area contributed by atoms with E-state index in [0.29, 0.717) is 5.69 Å². The number of nitrogens with zero attached hydrogens (tertiary/aromatic N) is 2. The molecule has 0 heterocycles. The maximum absolute atomic E-state index is 7.64. The lowest BCUT2D eigenvalue weighted by Gasteiger charge is -2.39. The number of anilines is 3. The molecule has 2 nitrogen and oxygen atoms in total. The van der Waals surface area contributed by atoms with Crippen LogP contribution in [0.5, 0.6) is 0 Å². The third-order valence-corrected chi connectivity index (χ3v) is 11.9. The first-order chi connectivity index (χ1) is 25.4. The molecule has 2 heteroatoms. The Morgan fingerprint density at radius 3 is 1.58 bits per heavy atom. The molecule has 2 aliphatic carbocycles. The van der Waals surface area contributed by atoms with Gasteiger partial charge in [0.15, 0.2) is 5.69 Å². The van der Waals surface area contributed by atoms with Gasteiger partial charge in [0, 0.05) is 22.2 Å². The van der Waals surface area contributed by atoms with Crippen molar-refractivity contribution in [3.05, 3.63) is 179 Å². The number of hydrogen-bond donors (Lipinski definition) is 0. The second-order valence-corrected chi connectivity index (χ2v) is 16.9. The molecule has 0 N–H and O–H groups in total. The fourth-order valence-electron chi connectivity index (χ4n) is 9.50. The zero-order valence-corrected chi connectivity index (χ0v) is 31.7. The average molecular weight is 685 g/mol. The molecule has 0 aliphatic heterocycles. The smallest absolute Gasteiger partial charge is 0.187 e. The Morgan fingerprint density at radius 1 is 0.528 bits per heavy atom. The van der Waals surface area contributed by atoms with Gasteiger partial charge < -0.3 is 4.90 Å². The summed E-state index contributed by atoms with van der Waals surface area (Å²) in [6.45, 7) is 24.5. The van der Waals surface area contributed by atoms with Gasteiger partial charge >= 0.3 is 0 Å². The fraction of sp³-hybridized carbons (Fsp3) is 0.196. The molecule has 0 aromatic heterocycles. The molecule has 9 rings (SSSR count). The highest BCUT2D eigenvalue weighted by molar-refractivity contribution is 6.04. The van der Waals surface area contributed by atoms with Gasteiger partial charge in [0.05, 0.1) is 12.3 Å². The van der Waals surface area contributed by atoms with Crippen molar-refractivity contribution < 1.29 is 0 Å². The van der Waals surface area contributed by atoms with E-state index in [2.05, 4.69) is 186 Å². The number of fused-ring (bicyclic) bond motifs is 7. The first kappa shape index (κ1) is 33.0. The van der Waals surface area contributed by atoms with Gasteiger partial charge in [-0.05, 0) is 108 Å². The fourth-order valence-corrected chi connectivity index (χ4v) is 9.50. The third-order valence-electron chi connectivity index (χ3n) is 11.9. The third kappa shape index (κ3) is 4.84. The van der Waals surface area contributed by atoms with Crippen molar-refractivity contribution in [1.29, 1.82) is 0 Å². The molecule has 258 valence electrons. The van der Waals surface area contributed by atoms with Crippen molar-refractivity contribution in [2.24, 2.45) is 0 Å². The molecule has 0 radical (unpaired) electrons. The average Bonchev–Trinajstić information content (AvgIpc) is 3.54. The summed E-state index contributed by atoms with van der Waals surface area (Å²) in [5.74, 6) is 0. The molecule has 0 amide bonds. The van der Waals surface area contributed by atoms with Gasteiger partial charge in [-0.1, -0.05) is 158 Å². The van der Waals surface area contributed by atoms with Crippen LogP contribution in [0.2, 0.25) is 0 Å². The minimum atomic E-state index is -0.273. The second kappa shape index (κ2) is 11.5. The zero-order chi connectivity index (χ0) is 36.9. The van der Waals surface area contributed by atoms with Crippen molar-refractivity contribution >= 4 is 33.5 Å². The number of hydrogen-bond acceptors (Lipinski definition) is 1. The summed E-state index contributed by atoms with van der Waals surface area (Å²) in [6.07, 6.45) is 0. The van der Waals surface area contributed by atoms with Crippen LogP contribution in [0.3, 0.4) is 0 Å². The van der Waals surface area contributed by atoms with Crippen LogP contribution in [-0.2, 0) is 16.2 Å². The molecule has 0 saturated heterocycles. The Hall–Kier alpha value is -5.91. The van der Waals surface area contributed by atoms with Gasteiger partial charge in [-0.3, -0.25) is 0 Å². The Bertz CT molecular complexity index is 2560. The highest BCUT2D eigenvalue weighted by Crippen LogP contribution is 2.65. The van der Waals surface area contributed by atoms with Gasteiger partial charge in [-0.15, -0.1) is 0 Å². The summed E-state index contributed by atoms with van der Waals surface area (Å²) in [4.78, 5) is 6.28. The molecule has 0 bridgehead atoms. The quantitative estimate of drug-likeness (QED) is 0.167. The predicted molar refractivity (Wildman–Crippen MR) is 224 cm³/mol. The monoisotopic (exact) mass is 684 g/mol. The summed E-state index contributed by atoms with van der Waals surface area (Å²) in [6, 6.07) is 50.8. The van der Waals surface area contributed by atoms with Crippen LogP contribution >= 0.6 is 0 Å². The number of benzene rings is 7. The summed E-state index contributed by atoms with van der Waals surface area (Å²) in [5, 5.41) is 2.19. The van der Waals surface area contributed by atoms with Crippen molar-refractivity contribution in [2.45, 2.75) is 64.7 Å². The second-order valence-electron chi connectivity index (χ2n) is 16.9. The largest absolute Gasteiger partial charge is 0.310 e. The highest BCUT2D eigenvalue weighted by Gasteiger charge is 2.50. The van der Waals surface area contributed by atoms with E-state index in [9.17, 15) is 0 Å². The van der Waals surface area contributed by atoms with Crippen LogP contribution < -0.4 is 4.90 Å². The van der Waals surface area contributed by atoms with E-state index in [0.717, 1.165) is 22.1 Å². The lowest BCUT2D eigenvalue weighted by atomic mass is 9.70. The number of rotatable bonds is 4. The minimum absolute atomic E-state index is 0.126. The van der Waals surface area contributed by atoms with Crippen molar-refractivity contribution in [2.75, 3.05) is 4.90 Å². The first-order valence-electron chi connectivity index (χ1n) is 18.7. The van der Waals surface area contributed by atoms with E-state index in [1.807, 2.05) is 12.1 Å². The van der Waals surface area contributed by atoms with Gasteiger partial charge in [0.25, 0.3) is 0 Å².